The first kappa shape index (κ1) is 21.6. The molecule has 0 aromatic carbocycles. The van der Waals surface area contributed by atoms with Crippen LogP contribution in [-0.2, 0) is 9.84 Å². The van der Waals surface area contributed by atoms with Crippen LogP contribution in [-0.4, -0.2) is 57.0 Å². The summed E-state index contributed by atoms with van der Waals surface area (Å²) in [6.45, 7) is 7.67. The maximum absolute atomic E-state index is 11.4. The average molecular weight is 378 g/mol. The van der Waals surface area contributed by atoms with Crippen LogP contribution in [0.4, 0.5) is 0 Å². The number of sulfone groups is 1. The van der Waals surface area contributed by atoms with E-state index in [0.717, 1.165) is 17.8 Å². The first-order valence-corrected chi connectivity index (χ1v) is 12.3. The highest BCUT2D eigenvalue weighted by molar-refractivity contribution is 7.99. The number of nitrogens with one attached hydrogen (secondary N) is 2. The van der Waals surface area contributed by atoms with Crippen molar-refractivity contribution in [3.05, 3.63) is 0 Å². The average Bonchev–Trinajstić information content (AvgIpc) is 2.51. The first-order valence-electron chi connectivity index (χ1n) is 8.90. The van der Waals surface area contributed by atoms with E-state index in [2.05, 4.69) is 37.7 Å². The molecule has 0 spiro atoms. The molecule has 2 N–H and O–H groups in total. The Balaban J connectivity index is 2.60. The molecule has 0 aliphatic heterocycles. The third-order valence-corrected chi connectivity index (χ3v) is 6.50. The molecule has 2 atom stereocenters. The lowest BCUT2D eigenvalue weighted by molar-refractivity contribution is 0.363. The predicted octanol–water partition coefficient (Wildman–Crippen LogP) is 2.68. The van der Waals surface area contributed by atoms with Crippen LogP contribution in [0.15, 0.2) is 4.99 Å². The van der Waals surface area contributed by atoms with Gasteiger partial charge in [-0.2, -0.15) is 11.8 Å². The number of thioether (sulfide) groups is 1. The molecule has 0 aromatic rings. The summed E-state index contributed by atoms with van der Waals surface area (Å²) in [5, 5.41) is 7.64. The van der Waals surface area contributed by atoms with Crippen LogP contribution in [0.25, 0.3) is 0 Å². The maximum atomic E-state index is 11.4. The van der Waals surface area contributed by atoms with Crippen LogP contribution in [0.5, 0.6) is 0 Å². The second-order valence-electron chi connectivity index (χ2n) is 7.60. The largest absolute Gasteiger partial charge is 0.357 e. The lowest BCUT2D eigenvalue weighted by atomic mass is 9.90. The summed E-state index contributed by atoms with van der Waals surface area (Å²) in [6.07, 6.45) is 9.07. The van der Waals surface area contributed by atoms with E-state index >= 15 is 0 Å². The molecule has 2 unspecified atom stereocenters. The van der Waals surface area contributed by atoms with Crippen molar-refractivity contribution in [3.63, 3.8) is 0 Å². The molecule has 0 saturated heterocycles. The summed E-state index contributed by atoms with van der Waals surface area (Å²) in [6, 6.07) is 0.480. The molecule has 5 nitrogen and oxygen atoms in total. The topological polar surface area (TPSA) is 70.6 Å². The van der Waals surface area contributed by atoms with Gasteiger partial charge in [0.25, 0.3) is 0 Å². The highest BCUT2D eigenvalue weighted by atomic mass is 32.2. The van der Waals surface area contributed by atoms with Gasteiger partial charge in [0.05, 0.1) is 5.75 Å². The SMILES string of the molecule is CCNC(=NCC(C)(C)CCS(C)(=O)=O)NC1CCCC(SC)C1. The summed E-state index contributed by atoms with van der Waals surface area (Å²) < 4.78 is 22.8. The van der Waals surface area contributed by atoms with Crippen LogP contribution >= 0.6 is 11.8 Å². The Bertz CT molecular complexity index is 504. The summed E-state index contributed by atoms with van der Waals surface area (Å²) in [7, 11) is -2.92. The molecular formula is C17H35N3O2S2. The van der Waals surface area contributed by atoms with E-state index in [1.54, 1.807) is 0 Å². The third kappa shape index (κ3) is 9.16. The zero-order valence-electron chi connectivity index (χ0n) is 15.9. The highest BCUT2D eigenvalue weighted by Crippen LogP contribution is 2.27. The van der Waals surface area contributed by atoms with Gasteiger partial charge < -0.3 is 10.6 Å². The molecule has 1 rings (SSSR count). The minimum Gasteiger partial charge on any atom is -0.357 e. The monoisotopic (exact) mass is 377 g/mol. The van der Waals surface area contributed by atoms with Gasteiger partial charge in [-0.25, -0.2) is 8.42 Å². The van der Waals surface area contributed by atoms with Crippen molar-refractivity contribution in [2.45, 2.75) is 64.2 Å². The Hall–Kier alpha value is -0.430. The number of hydrogen-bond donors (Lipinski definition) is 2. The first-order chi connectivity index (χ1) is 11.1. The van der Waals surface area contributed by atoms with Gasteiger partial charge in [0.15, 0.2) is 5.96 Å². The van der Waals surface area contributed by atoms with Gasteiger partial charge in [0, 0.05) is 30.6 Å². The lowest BCUT2D eigenvalue weighted by Gasteiger charge is -2.30. The number of nitrogens with zero attached hydrogens (tertiary/aromatic N) is 1. The third-order valence-electron chi connectivity index (χ3n) is 4.46. The lowest BCUT2D eigenvalue weighted by Crippen LogP contribution is -2.46. The molecule has 0 radical (unpaired) electrons. The van der Waals surface area contributed by atoms with E-state index in [9.17, 15) is 8.42 Å². The van der Waals surface area contributed by atoms with Crippen LogP contribution in [0.2, 0.25) is 0 Å². The van der Waals surface area contributed by atoms with Crippen molar-refractivity contribution in [3.8, 4) is 0 Å². The fourth-order valence-electron chi connectivity index (χ4n) is 2.84. The van der Waals surface area contributed by atoms with Crippen molar-refractivity contribution in [2.24, 2.45) is 10.4 Å². The minimum absolute atomic E-state index is 0.125. The molecule has 1 saturated carbocycles. The summed E-state index contributed by atoms with van der Waals surface area (Å²) in [5.41, 5.74) is -0.125. The molecule has 0 bridgehead atoms. The molecule has 1 fully saturated rings. The summed E-state index contributed by atoms with van der Waals surface area (Å²) in [5.74, 6) is 1.08. The van der Waals surface area contributed by atoms with Crippen LogP contribution in [0.1, 0.15) is 52.9 Å². The molecule has 1 aliphatic rings. The van der Waals surface area contributed by atoms with Crippen molar-refractivity contribution in [1.82, 2.24) is 10.6 Å². The maximum Gasteiger partial charge on any atom is 0.191 e. The van der Waals surface area contributed by atoms with Gasteiger partial charge in [0.2, 0.25) is 0 Å². The zero-order chi connectivity index (χ0) is 18.2. The molecule has 1 aliphatic carbocycles. The second-order valence-corrected chi connectivity index (χ2v) is 11.0. The minimum atomic E-state index is -2.92. The standard InChI is InChI=1S/C17H35N3O2S2/c1-6-18-16(20-14-8-7-9-15(12-14)23-4)19-13-17(2,3)10-11-24(5,21)22/h14-15H,6-13H2,1-5H3,(H2,18,19,20). The van der Waals surface area contributed by atoms with Crippen molar-refractivity contribution >= 4 is 27.6 Å². The van der Waals surface area contributed by atoms with Gasteiger partial charge >= 0.3 is 0 Å². The Morgan fingerprint density at radius 2 is 2.04 bits per heavy atom. The summed E-state index contributed by atoms with van der Waals surface area (Å²) >= 11 is 1.96. The van der Waals surface area contributed by atoms with Crippen LogP contribution < -0.4 is 10.6 Å². The summed E-state index contributed by atoms with van der Waals surface area (Å²) in [4.78, 5) is 4.72. The predicted molar refractivity (Wildman–Crippen MR) is 107 cm³/mol. The van der Waals surface area contributed by atoms with Crippen LogP contribution in [0, 0.1) is 5.41 Å². The number of hydrogen-bond acceptors (Lipinski definition) is 4. The van der Waals surface area contributed by atoms with Crippen molar-refractivity contribution < 1.29 is 8.42 Å². The Labute approximate surface area is 152 Å². The Kier molecular flexibility index (Phi) is 8.91. The van der Waals surface area contributed by atoms with Gasteiger partial charge in [0.1, 0.15) is 9.84 Å². The Morgan fingerprint density at radius 3 is 2.62 bits per heavy atom. The second kappa shape index (κ2) is 9.90. The van der Waals surface area contributed by atoms with E-state index in [4.69, 9.17) is 4.99 Å². The number of rotatable bonds is 8. The van der Waals surface area contributed by atoms with E-state index in [1.165, 1.54) is 31.9 Å². The van der Waals surface area contributed by atoms with E-state index < -0.39 is 9.84 Å². The smallest absolute Gasteiger partial charge is 0.191 e. The van der Waals surface area contributed by atoms with Gasteiger partial charge in [-0.05, 0) is 44.3 Å². The number of guanidine groups is 1. The van der Waals surface area contributed by atoms with Gasteiger partial charge in [-0.3, -0.25) is 4.99 Å². The normalized spacial score (nSPS) is 23.1. The molecule has 0 aromatic heterocycles. The fourth-order valence-corrected chi connectivity index (χ4v) is 4.59. The van der Waals surface area contributed by atoms with Crippen molar-refractivity contribution in [1.29, 1.82) is 0 Å². The fraction of sp³-hybridized carbons (Fsp3) is 0.941. The molecule has 24 heavy (non-hydrogen) atoms. The number of aliphatic imine (C=N–C) groups is 1. The van der Waals surface area contributed by atoms with E-state index in [1.807, 2.05) is 11.8 Å². The highest BCUT2D eigenvalue weighted by Gasteiger charge is 2.23. The van der Waals surface area contributed by atoms with Gasteiger partial charge in [-0.1, -0.05) is 20.3 Å². The van der Waals surface area contributed by atoms with E-state index in [0.29, 0.717) is 19.0 Å². The quantitative estimate of drug-likeness (QED) is 0.503. The molecule has 7 heteroatoms. The molecule has 0 heterocycles. The van der Waals surface area contributed by atoms with Crippen molar-refractivity contribution in [2.75, 3.05) is 31.4 Å². The van der Waals surface area contributed by atoms with Crippen LogP contribution in [0.3, 0.4) is 0 Å². The molecular weight excluding hydrogens is 342 g/mol. The Morgan fingerprint density at radius 1 is 1.33 bits per heavy atom. The zero-order valence-corrected chi connectivity index (χ0v) is 17.5. The van der Waals surface area contributed by atoms with Gasteiger partial charge in [-0.15, -0.1) is 0 Å². The van der Waals surface area contributed by atoms with E-state index in [-0.39, 0.29) is 11.2 Å². The molecule has 142 valence electrons. The molecule has 0 amide bonds.